The zero-order valence-electron chi connectivity index (χ0n) is 12.2. The molecule has 0 saturated heterocycles. The first-order chi connectivity index (χ1) is 10.2. The van der Waals surface area contributed by atoms with Crippen LogP contribution in [0, 0.1) is 0 Å². The van der Waals surface area contributed by atoms with Gasteiger partial charge in [0.2, 0.25) is 0 Å². The Balaban J connectivity index is 3.79. The topological polar surface area (TPSA) is 0 Å². The third-order valence-electron chi connectivity index (χ3n) is 3.63. The molecule has 1 aromatic rings. The molecule has 0 aliphatic carbocycles. The number of allylic oxidation sites excluding steroid dienone is 3. The van der Waals surface area contributed by atoms with Gasteiger partial charge in [0.15, 0.2) is 0 Å². The molecule has 0 heterocycles. The molecule has 21 heavy (non-hydrogen) atoms. The van der Waals surface area contributed by atoms with E-state index in [0.717, 1.165) is 36.0 Å². The predicted molar refractivity (Wildman–Crippen MR) is 96.8 cm³/mol. The fourth-order valence-electron chi connectivity index (χ4n) is 2.75. The summed E-state index contributed by atoms with van der Waals surface area (Å²) in [5, 5.41) is 0. The molecule has 3 heteroatoms. The molecule has 0 radical (unpaired) electrons. The average Bonchev–Trinajstić information content (AvgIpc) is 2.49. The highest BCUT2D eigenvalue weighted by atomic mass is 35.5. The van der Waals surface area contributed by atoms with Crippen molar-refractivity contribution in [1.82, 2.24) is 0 Å². The number of halogens is 3. The van der Waals surface area contributed by atoms with Crippen LogP contribution in [0.1, 0.15) is 33.4 Å². The van der Waals surface area contributed by atoms with Crippen molar-refractivity contribution in [2.45, 2.75) is 36.9 Å². The first kappa shape index (κ1) is 18.4. The molecule has 0 amide bonds. The highest BCUT2D eigenvalue weighted by molar-refractivity contribution is 6.19. The van der Waals surface area contributed by atoms with E-state index in [1.165, 1.54) is 16.7 Å². The zero-order chi connectivity index (χ0) is 15.8. The van der Waals surface area contributed by atoms with Crippen LogP contribution in [-0.4, -0.2) is 0 Å². The fraction of sp³-hybridized carbons (Fsp3) is 0.333. The van der Waals surface area contributed by atoms with Gasteiger partial charge in [0.25, 0.3) is 0 Å². The fourth-order valence-corrected chi connectivity index (χ4v) is 3.72. The zero-order valence-corrected chi connectivity index (χ0v) is 14.5. The second-order valence-corrected chi connectivity index (χ2v) is 5.55. The van der Waals surface area contributed by atoms with Crippen molar-refractivity contribution < 1.29 is 0 Å². The lowest BCUT2D eigenvalue weighted by atomic mass is 9.84. The maximum absolute atomic E-state index is 6.22. The predicted octanol–water partition coefficient (Wildman–Crippen LogP) is 6.09. The summed E-state index contributed by atoms with van der Waals surface area (Å²) in [5.74, 6) is 1.32. The maximum atomic E-state index is 6.22. The monoisotopic (exact) mass is 342 g/mol. The minimum Gasteiger partial charge on any atom is -0.122 e. The molecule has 0 aliphatic heterocycles. The lowest BCUT2D eigenvalue weighted by Crippen LogP contribution is -2.11. The van der Waals surface area contributed by atoms with Crippen molar-refractivity contribution in [2.24, 2.45) is 0 Å². The van der Waals surface area contributed by atoms with Crippen molar-refractivity contribution in [3.05, 3.63) is 71.3 Å². The van der Waals surface area contributed by atoms with Crippen molar-refractivity contribution in [1.29, 1.82) is 0 Å². The van der Waals surface area contributed by atoms with Crippen molar-refractivity contribution in [3.8, 4) is 0 Å². The van der Waals surface area contributed by atoms with Gasteiger partial charge in [-0.05, 0) is 52.6 Å². The van der Waals surface area contributed by atoms with E-state index in [2.05, 4.69) is 19.7 Å². The van der Waals surface area contributed by atoms with Gasteiger partial charge in [0.1, 0.15) is 0 Å². The Labute approximate surface area is 143 Å². The maximum Gasteiger partial charge on any atom is 0.0479 e. The molecule has 0 bridgehead atoms. The largest absolute Gasteiger partial charge is 0.122 e. The summed E-state index contributed by atoms with van der Waals surface area (Å²) in [6.45, 7) is 11.5. The molecule has 0 atom stereocenters. The molecule has 0 N–H and O–H groups in total. The molecule has 0 aliphatic rings. The van der Waals surface area contributed by atoms with E-state index in [1.54, 1.807) is 0 Å². The molecule has 114 valence electrons. The van der Waals surface area contributed by atoms with Gasteiger partial charge in [-0.3, -0.25) is 0 Å². The third kappa shape index (κ3) is 3.94. The highest BCUT2D eigenvalue weighted by Gasteiger charge is 2.20. The summed E-state index contributed by atoms with van der Waals surface area (Å²) in [6, 6.07) is 0. The molecule has 0 aromatic heterocycles. The van der Waals surface area contributed by atoms with Crippen LogP contribution in [0.2, 0.25) is 0 Å². The standard InChI is InChI=1S/C18H21Cl3/c1-4-7-13-16(10-19)14(8-5-2)18(12-21)15(9-6-3)17(13)11-20/h4-6H,1-3,7-12H2. The summed E-state index contributed by atoms with van der Waals surface area (Å²) >= 11 is 18.7. The molecular formula is C18H21Cl3. The summed E-state index contributed by atoms with van der Waals surface area (Å²) in [7, 11) is 0. The summed E-state index contributed by atoms with van der Waals surface area (Å²) in [4.78, 5) is 0. The van der Waals surface area contributed by atoms with E-state index in [0.29, 0.717) is 17.6 Å². The SMILES string of the molecule is C=CCc1c(CCl)c(CC=C)c(CCl)c(CC=C)c1CCl. The quantitative estimate of drug-likeness (QED) is 0.376. The minimum atomic E-state index is 0.439. The van der Waals surface area contributed by atoms with Crippen LogP contribution in [0.15, 0.2) is 38.0 Å². The molecular weight excluding hydrogens is 323 g/mol. The van der Waals surface area contributed by atoms with E-state index in [1.807, 2.05) is 18.2 Å². The van der Waals surface area contributed by atoms with E-state index < -0.39 is 0 Å². The van der Waals surface area contributed by atoms with Crippen LogP contribution in [0.5, 0.6) is 0 Å². The average molecular weight is 344 g/mol. The molecule has 0 unspecified atom stereocenters. The van der Waals surface area contributed by atoms with Gasteiger partial charge in [0.05, 0.1) is 0 Å². The molecule has 0 nitrogen and oxygen atoms in total. The normalized spacial score (nSPS) is 10.4. The van der Waals surface area contributed by atoms with E-state index in [-0.39, 0.29) is 0 Å². The molecule has 0 spiro atoms. The Morgan fingerprint density at radius 3 is 0.905 bits per heavy atom. The minimum absolute atomic E-state index is 0.439. The molecule has 0 saturated carbocycles. The first-order valence-corrected chi connectivity index (χ1v) is 8.48. The summed E-state index contributed by atoms with van der Waals surface area (Å²) in [5.41, 5.74) is 6.90. The van der Waals surface area contributed by atoms with Gasteiger partial charge in [-0.1, -0.05) is 18.2 Å². The Morgan fingerprint density at radius 2 is 0.762 bits per heavy atom. The number of benzene rings is 1. The Morgan fingerprint density at radius 1 is 0.524 bits per heavy atom. The van der Waals surface area contributed by atoms with Crippen LogP contribution in [0.3, 0.4) is 0 Å². The number of rotatable bonds is 9. The number of hydrogen-bond acceptors (Lipinski definition) is 0. The van der Waals surface area contributed by atoms with Gasteiger partial charge in [-0.2, -0.15) is 0 Å². The van der Waals surface area contributed by atoms with Gasteiger partial charge in [-0.15, -0.1) is 54.5 Å². The Kier molecular flexibility index (Phi) is 8.18. The van der Waals surface area contributed by atoms with Crippen LogP contribution >= 0.6 is 34.8 Å². The van der Waals surface area contributed by atoms with E-state index in [9.17, 15) is 0 Å². The number of hydrogen-bond donors (Lipinski definition) is 0. The van der Waals surface area contributed by atoms with Gasteiger partial charge in [-0.25, -0.2) is 0 Å². The van der Waals surface area contributed by atoms with Crippen LogP contribution in [0.25, 0.3) is 0 Å². The van der Waals surface area contributed by atoms with Gasteiger partial charge in [0, 0.05) is 17.6 Å². The van der Waals surface area contributed by atoms with Crippen LogP contribution < -0.4 is 0 Å². The van der Waals surface area contributed by atoms with Crippen molar-refractivity contribution in [3.63, 3.8) is 0 Å². The molecule has 0 fully saturated rings. The third-order valence-corrected chi connectivity index (χ3v) is 4.43. The second-order valence-electron chi connectivity index (χ2n) is 4.75. The summed E-state index contributed by atoms with van der Waals surface area (Å²) in [6.07, 6.45) is 7.91. The molecule has 1 aromatic carbocycles. The van der Waals surface area contributed by atoms with Gasteiger partial charge < -0.3 is 0 Å². The Hall–Kier alpha value is -0.690. The lowest BCUT2D eigenvalue weighted by molar-refractivity contribution is 1.01. The first-order valence-electron chi connectivity index (χ1n) is 6.87. The van der Waals surface area contributed by atoms with E-state index in [4.69, 9.17) is 34.8 Å². The van der Waals surface area contributed by atoms with Crippen molar-refractivity contribution >= 4 is 34.8 Å². The smallest absolute Gasteiger partial charge is 0.0479 e. The van der Waals surface area contributed by atoms with Crippen LogP contribution in [-0.2, 0) is 36.9 Å². The second kappa shape index (κ2) is 9.35. The molecule has 1 rings (SSSR count). The highest BCUT2D eigenvalue weighted by Crippen LogP contribution is 2.33. The Bertz CT molecular complexity index is 432. The van der Waals surface area contributed by atoms with Crippen molar-refractivity contribution in [2.75, 3.05) is 0 Å². The van der Waals surface area contributed by atoms with E-state index >= 15 is 0 Å². The van der Waals surface area contributed by atoms with Crippen LogP contribution in [0.4, 0.5) is 0 Å². The summed E-state index contributed by atoms with van der Waals surface area (Å²) < 4.78 is 0. The lowest BCUT2D eigenvalue weighted by Gasteiger charge is -2.23. The van der Waals surface area contributed by atoms with Gasteiger partial charge >= 0.3 is 0 Å². The number of alkyl halides is 3.